The van der Waals surface area contributed by atoms with E-state index in [2.05, 4.69) is 20.7 Å². The lowest BCUT2D eigenvalue weighted by atomic mass is 10.0. The molecule has 0 aliphatic heterocycles. The highest BCUT2D eigenvalue weighted by molar-refractivity contribution is 6.30. The summed E-state index contributed by atoms with van der Waals surface area (Å²) < 4.78 is 5.45. The third-order valence-electron chi connectivity index (χ3n) is 7.03. The SMILES string of the molecule is COc1cccc(N(C(=O)Cn2nnc(-c3ccc(Cl)cc3)n2)[C@H](C(=O)NC2CCCC2)c2ccc(C)cc2)c1. The number of halogens is 1. The standard InChI is InChI=1S/C30H31ClN6O3/c1-20-10-12-21(13-11-20)28(30(39)32-24-6-3-4-7-24)37(25-8-5-9-26(18-25)40-2)27(38)19-36-34-29(33-35-36)22-14-16-23(31)17-15-22/h5,8-18,24,28H,3-4,6-7,19H2,1-2H3,(H,32,39)/t28-/m0/s1. The van der Waals surface area contributed by atoms with Crippen LogP contribution in [-0.2, 0) is 16.1 Å². The zero-order chi connectivity index (χ0) is 28.1. The van der Waals surface area contributed by atoms with Gasteiger partial charge in [0.15, 0.2) is 0 Å². The van der Waals surface area contributed by atoms with Gasteiger partial charge < -0.3 is 10.1 Å². The third-order valence-corrected chi connectivity index (χ3v) is 7.29. The molecule has 1 saturated carbocycles. The molecule has 40 heavy (non-hydrogen) atoms. The number of carbonyl (C=O) groups excluding carboxylic acids is 2. The van der Waals surface area contributed by atoms with Crippen LogP contribution in [0.2, 0.25) is 5.02 Å². The van der Waals surface area contributed by atoms with Crippen molar-refractivity contribution in [3.8, 4) is 17.1 Å². The summed E-state index contributed by atoms with van der Waals surface area (Å²) in [5, 5.41) is 16.4. The average Bonchev–Trinajstić information content (AvgIpc) is 3.65. The normalized spacial score (nSPS) is 14.1. The molecular formula is C30H31ClN6O3. The molecule has 1 N–H and O–H groups in total. The van der Waals surface area contributed by atoms with Gasteiger partial charge in [-0.05, 0) is 66.9 Å². The van der Waals surface area contributed by atoms with Gasteiger partial charge in [0.25, 0.3) is 5.91 Å². The Morgan fingerprint density at radius 2 is 1.80 bits per heavy atom. The lowest BCUT2D eigenvalue weighted by molar-refractivity contribution is -0.127. The number of tetrazole rings is 1. The van der Waals surface area contributed by atoms with Crippen molar-refractivity contribution < 1.29 is 14.3 Å². The van der Waals surface area contributed by atoms with Crippen molar-refractivity contribution in [2.45, 2.75) is 51.2 Å². The first kappa shape index (κ1) is 27.3. The van der Waals surface area contributed by atoms with Crippen molar-refractivity contribution in [2.24, 2.45) is 0 Å². The Labute approximate surface area is 238 Å². The summed E-state index contributed by atoms with van der Waals surface area (Å²) >= 11 is 6.00. The minimum absolute atomic E-state index is 0.0848. The number of nitrogens with one attached hydrogen (secondary N) is 1. The van der Waals surface area contributed by atoms with E-state index < -0.39 is 6.04 Å². The van der Waals surface area contributed by atoms with Crippen molar-refractivity contribution in [3.05, 3.63) is 88.9 Å². The van der Waals surface area contributed by atoms with E-state index in [-0.39, 0.29) is 24.4 Å². The van der Waals surface area contributed by atoms with Crippen LogP contribution >= 0.6 is 11.6 Å². The van der Waals surface area contributed by atoms with Crippen molar-refractivity contribution in [2.75, 3.05) is 12.0 Å². The molecule has 0 radical (unpaired) electrons. The van der Waals surface area contributed by atoms with E-state index >= 15 is 0 Å². The van der Waals surface area contributed by atoms with Gasteiger partial charge in [-0.1, -0.05) is 60.3 Å². The van der Waals surface area contributed by atoms with E-state index in [1.165, 1.54) is 9.70 Å². The first-order valence-electron chi connectivity index (χ1n) is 13.3. The van der Waals surface area contributed by atoms with Crippen LogP contribution in [0.1, 0.15) is 42.9 Å². The summed E-state index contributed by atoms with van der Waals surface area (Å²) in [7, 11) is 1.56. The maximum Gasteiger partial charge on any atom is 0.251 e. The van der Waals surface area contributed by atoms with E-state index in [1.54, 1.807) is 55.6 Å². The highest BCUT2D eigenvalue weighted by Gasteiger charge is 2.35. The lowest BCUT2D eigenvalue weighted by Gasteiger charge is -2.32. The lowest BCUT2D eigenvalue weighted by Crippen LogP contribution is -2.47. The zero-order valence-corrected chi connectivity index (χ0v) is 23.2. The Morgan fingerprint density at radius 1 is 1.07 bits per heavy atom. The van der Waals surface area contributed by atoms with Crippen LogP contribution in [0, 0.1) is 6.92 Å². The number of methoxy groups -OCH3 is 1. The van der Waals surface area contributed by atoms with E-state index in [1.807, 2.05) is 31.2 Å². The third kappa shape index (κ3) is 6.31. The van der Waals surface area contributed by atoms with E-state index in [0.717, 1.165) is 36.8 Å². The molecule has 9 nitrogen and oxygen atoms in total. The van der Waals surface area contributed by atoms with Crippen LogP contribution in [0.4, 0.5) is 5.69 Å². The molecule has 1 aromatic heterocycles. The fourth-order valence-electron chi connectivity index (χ4n) is 4.94. The number of ether oxygens (including phenoxy) is 1. The maximum atomic E-state index is 14.1. The van der Waals surface area contributed by atoms with Gasteiger partial charge in [0.2, 0.25) is 11.7 Å². The first-order valence-corrected chi connectivity index (χ1v) is 13.7. The zero-order valence-electron chi connectivity index (χ0n) is 22.5. The summed E-state index contributed by atoms with van der Waals surface area (Å²) in [4.78, 5) is 30.8. The summed E-state index contributed by atoms with van der Waals surface area (Å²) in [6, 6.07) is 21.0. The Balaban J connectivity index is 1.51. The van der Waals surface area contributed by atoms with E-state index in [4.69, 9.17) is 16.3 Å². The van der Waals surface area contributed by atoms with Crippen molar-refractivity contribution >= 4 is 29.1 Å². The second-order valence-electron chi connectivity index (χ2n) is 9.92. The van der Waals surface area contributed by atoms with Gasteiger partial charge in [-0.15, -0.1) is 10.2 Å². The van der Waals surface area contributed by atoms with Gasteiger partial charge in [0.05, 0.1) is 7.11 Å². The number of hydrogen-bond donors (Lipinski definition) is 1. The van der Waals surface area contributed by atoms with E-state index in [9.17, 15) is 9.59 Å². The van der Waals surface area contributed by atoms with Gasteiger partial charge in [0, 0.05) is 28.4 Å². The van der Waals surface area contributed by atoms with Crippen LogP contribution in [0.3, 0.4) is 0 Å². The number of anilines is 1. The van der Waals surface area contributed by atoms with Gasteiger partial charge in [0.1, 0.15) is 18.3 Å². The fraction of sp³-hybridized carbons (Fsp3) is 0.300. The number of carbonyl (C=O) groups is 2. The average molecular weight is 559 g/mol. The number of aromatic nitrogens is 4. The quantitative estimate of drug-likeness (QED) is 0.305. The Morgan fingerprint density at radius 3 is 2.50 bits per heavy atom. The number of benzene rings is 3. The number of amides is 2. The largest absolute Gasteiger partial charge is 0.497 e. The molecule has 1 aliphatic carbocycles. The summed E-state index contributed by atoms with van der Waals surface area (Å²) in [6.45, 7) is 1.76. The molecule has 3 aromatic carbocycles. The molecule has 1 aliphatic rings. The Bertz CT molecular complexity index is 1470. The molecule has 206 valence electrons. The second kappa shape index (κ2) is 12.3. The van der Waals surface area contributed by atoms with Crippen molar-refractivity contribution in [1.82, 2.24) is 25.5 Å². The number of rotatable bonds is 9. The molecule has 10 heteroatoms. The molecule has 0 spiro atoms. The molecule has 0 unspecified atom stereocenters. The van der Waals surface area contributed by atoms with Crippen molar-refractivity contribution in [1.29, 1.82) is 0 Å². The monoisotopic (exact) mass is 558 g/mol. The predicted molar refractivity (Wildman–Crippen MR) is 153 cm³/mol. The summed E-state index contributed by atoms with van der Waals surface area (Å²) in [5.74, 6) is 0.324. The smallest absolute Gasteiger partial charge is 0.251 e. The minimum atomic E-state index is -0.917. The van der Waals surface area contributed by atoms with Crippen LogP contribution < -0.4 is 15.0 Å². The van der Waals surface area contributed by atoms with E-state index in [0.29, 0.717) is 27.8 Å². The Hall–Kier alpha value is -4.24. The number of aryl methyl sites for hydroxylation is 1. The van der Waals surface area contributed by atoms with Gasteiger partial charge in [-0.25, -0.2) is 0 Å². The van der Waals surface area contributed by atoms with Crippen molar-refractivity contribution in [3.63, 3.8) is 0 Å². The molecule has 4 aromatic rings. The first-order chi connectivity index (χ1) is 19.4. The molecule has 1 heterocycles. The highest BCUT2D eigenvalue weighted by atomic mass is 35.5. The molecule has 5 rings (SSSR count). The fourth-order valence-corrected chi connectivity index (χ4v) is 5.06. The van der Waals surface area contributed by atoms with Crippen LogP contribution in [0.5, 0.6) is 5.75 Å². The van der Waals surface area contributed by atoms with Gasteiger partial charge in [-0.3, -0.25) is 14.5 Å². The second-order valence-corrected chi connectivity index (χ2v) is 10.4. The van der Waals surface area contributed by atoms with Gasteiger partial charge >= 0.3 is 0 Å². The van der Waals surface area contributed by atoms with Crippen LogP contribution in [-0.4, -0.2) is 45.2 Å². The topological polar surface area (TPSA) is 102 Å². The Kier molecular flexibility index (Phi) is 8.40. The van der Waals surface area contributed by atoms with Crippen LogP contribution in [0.25, 0.3) is 11.4 Å². The molecule has 1 fully saturated rings. The molecule has 0 bridgehead atoms. The molecular weight excluding hydrogens is 528 g/mol. The van der Waals surface area contributed by atoms with Gasteiger partial charge in [-0.2, -0.15) is 4.80 Å². The highest BCUT2D eigenvalue weighted by Crippen LogP contribution is 2.32. The maximum absolute atomic E-state index is 14.1. The summed E-state index contributed by atoms with van der Waals surface area (Å²) in [5.41, 5.74) is 3.00. The number of nitrogens with zero attached hydrogens (tertiary/aromatic N) is 5. The predicted octanol–water partition coefficient (Wildman–Crippen LogP) is 5.14. The molecule has 0 saturated heterocycles. The summed E-state index contributed by atoms with van der Waals surface area (Å²) in [6.07, 6.45) is 4.00. The number of hydrogen-bond acceptors (Lipinski definition) is 6. The molecule has 2 amide bonds. The minimum Gasteiger partial charge on any atom is -0.497 e. The van der Waals surface area contributed by atoms with Crippen LogP contribution in [0.15, 0.2) is 72.8 Å². The molecule has 1 atom stereocenters.